The lowest BCUT2D eigenvalue weighted by molar-refractivity contribution is 0.368. The maximum atomic E-state index is 9.26. The van der Waals surface area contributed by atoms with E-state index in [1.165, 1.54) is 44.1 Å². The smallest absolute Gasteiger partial charge is 0.115 e. The predicted octanol–water partition coefficient (Wildman–Crippen LogP) is 5.57. The van der Waals surface area contributed by atoms with Crippen molar-refractivity contribution < 1.29 is 5.11 Å². The summed E-state index contributed by atoms with van der Waals surface area (Å²) in [4.78, 5) is 0. The highest BCUT2D eigenvalue weighted by atomic mass is 16.3. The second-order valence-corrected chi connectivity index (χ2v) is 6.15. The second kappa shape index (κ2) is 9.01. The van der Waals surface area contributed by atoms with Crippen molar-refractivity contribution in [3.05, 3.63) is 29.8 Å². The molecule has 0 radical (unpaired) electrons. The molecule has 1 aromatic carbocycles. The number of rotatable bonds is 9. The minimum atomic E-state index is 0.362. The van der Waals surface area contributed by atoms with Crippen molar-refractivity contribution in [1.29, 1.82) is 0 Å². The van der Waals surface area contributed by atoms with Crippen LogP contribution in [0.15, 0.2) is 24.3 Å². The number of benzene rings is 1. The Morgan fingerprint density at radius 1 is 0.947 bits per heavy atom. The van der Waals surface area contributed by atoms with Crippen molar-refractivity contribution >= 4 is 0 Å². The topological polar surface area (TPSA) is 20.2 Å². The first-order chi connectivity index (χ1) is 9.11. The average Bonchev–Trinajstić information content (AvgIpc) is 2.38. The number of phenols is 1. The van der Waals surface area contributed by atoms with Crippen LogP contribution >= 0.6 is 0 Å². The molecule has 0 aliphatic carbocycles. The van der Waals surface area contributed by atoms with E-state index in [0.29, 0.717) is 5.75 Å². The van der Waals surface area contributed by atoms with Crippen LogP contribution in [0.25, 0.3) is 0 Å². The van der Waals surface area contributed by atoms with Gasteiger partial charge in [-0.15, -0.1) is 0 Å². The van der Waals surface area contributed by atoms with Gasteiger partial charge < -0.3 is 5.11 Å². The van der Waals surface area contributed by atoms with Gasteiger partial charge >= 0.3 is 0 Å². The summed E-state index contributed by atoms with van der Waals surface area (Å²) < 4.78 is 0. The maximum absolute atomic E-state index is 9.26. The van der Waals surface area contributed by atoms with Gasteiger partial charge in [0, 0.05) is 0 Å². The third-order valence-corrected chi connectivity index (χ3v) is 3.97. The molecular formula is C18H30O. The largest absolute Gasteiger partial charge is 0.508 e. The molecule has 1 rings (SSSR count). The highest BCUT2D eigenvalue weighted by molar-refractivity contribution is 5.25. The summed E-state index contributed by atoms with van der Waals surface area (Å²) in [7, 11) is 0. The summed E-state index contributed by atoms with van der Waals surface area (Å²) in [6.45, 7) is 7.04. The van der Waals surface area contributed by atoms with Gasteiger partial charge in [0.05, 0.1) is 0 Å². The van der Waals surface area contributed by atoms with Crippen molar-refractivity contribution in [2.24, 2.45) is 11.8 Å². The number of hydrogen-bond donors (Lipinski definition) is 1. The van der Waals surface area contributed by atoms with Gasteiger partial charge in [-0.05, 0) is 48.8 Å². The fraction of sp³-hybridized carbons (Fsp3) is 0.667. The third-order valence-electron chi connectivity index (χ3n) is 3.97. The van der Waals surface area contributed by atoms with Gasteiger partial charge in [-0.2, -0.15) is 0 Å². The number of aromatic hydroxyl groups is 1. The third kappa shape index (κ3) is 7.25. The van der Waals surface area contributed by atoms with Crippen LogP contribution in [0.1, 0.15) is 64.9 Å². The molecule has 0 saturated heterocycles. The summed E-state index contributed by atoms with van der Waals surface area (Å²) in [6.07, 6.45) is 9.21. The van der Waals surface area contributed by atoms with E-state index >= 15 is 0 Å². The molecule has 2 unspecified atom stereocenters. The summed E-state index contributed by atoms with van der Waals surface area (Å²) in [6, 6.07) is 7.64. The molecule has 0 saturated carbocycles. The minimum Gasteiger partial charge on any atom is -0.508 e. The lowest BCUT2D eigenvalue weighted by Crippen LogP contribution is -2.04. The normalized spacial score (nSPS) is 14.3. The van der Waals surface area contributed by atoms with Crippen molar-refractivity contribution in [1.82, 2.24) is 0 Å². The molecule has 108 valence electrons. The van der Waals surface area contributed by atoms with Gasteiger partial charge in [-0.25, -0.2) is 0 Å². The molecule has 1 aromatic rings. The Balaban J connectivity index is 2.19. The molecule has 1 nitrogen and oxygen atoms in total. The Bertz CT molecular complexity index is 328. The van der Waals surface area contributed by atoms with E-state index in [4.69, 9.17) is 0 Å². The van der Waals surface area contributed by atoms with Crippen LogP contribution in [0, 0.1) is 11.8 Å². The van der Waals surface area contributed by atoms with Crippen molar-refractivity contribution in [2.45, 2.75) is 65.7 Å². The van der Waals surface area contributed by atoms with Gasteiger partial charge in [0.15, 0.2) is 0 Å². The first-order valence-electron chi connectivity index (χ1n) is 7.89. The van der Waals surface area contributed by atoms with Crippen LogP contribution in [-0.2, 0) is 6.42 Å². The van der Waals surface area contributed by atoms with Gasteiger partial charge in [0.1, 0.15) is 5.75 Å². The zero-order valence-corrected chi connectivity index (χ0v) is 12.9. The molecule has 0 aromatic heterocycles. The maximum Gasteiger partial charge on any atom is 0.115 e. The Labute approximate surface area is 119 Å². The van der Waals surface area contributed by atoms with E-state index in [0.717, 1.165) is 18.3 Å². The first-order valence-corrected chi connectivity index (χ1v) is 7.89. The monoisotopic (exact) mass is 262 g/mol. The van der Waals surface area contributed by atoms with E-state index in [-0.39, 0.29) is 0 Å². The Morgan fingerprint density at radius 2 is 1.58 bits per heavy atom. The van der Waals surface area contributed by atoms with Crippen LogP contribution in [0.3, 0.4) is 0 Å². The van der Waals surface area contributed by atoms with E-state index in [1.54, 1.807) is 12.1 Å². The molecule has 0 heterocycles. The predicted molar refractivity (Wildman–Crippen MR) is 83.5 cm³/mol. The lowest BCUT2D eigenvalue weighted by Gasteiger charge is -2.17. The molecule has 1 heteroatoms. The van der Waals surface area contributed by atoms with Crippen LogP contribution in [0.4, 0.5) is 0 Å². The van der Waals surface area contributed by atoms with E-state index in [2.05, 4.69) is 20.8 Å². The highest BCUT2D eigenvalue weighted by Gasteiger charge is 2.09. The Hall–Kier alpha value is -0.980. The number of unbranched alkanes of at least 4 members (excludes halogenated alkanes) is 2. The van der Waals surface area contributed by atoms with Gasteiger partial charge in [0.25, 0.3) is 0 Å². The number of hydrogen-bond acceptors (Lipinski definition) is 1. The van der Waals surface area contributed by atoms with Crippen molar-refractivity contribution in [3.8, 4) is 5.75 Å². The van der Waals surface area contributed by atoms with Gasteiger partial charge in [-0.1, -0.05) is 58.6 Å². The molecule has 0 amide bonds. The fourth-order valence-corrected chi connectivity index (χ4v) is 2.74. The zero-order valence-electron chi connectivity index (χ0n) is 12.9. The average molecular weight is 262 g/mol. The molecule has 1 N–H and O–H groups in total. The quantitative estimate of drug-likeness (QED) is 0.577. The minimum absolute atomic E-state index is 0.362. The van der Waals surface area contributed by atoms with E-state index < -0.39 is 0 Å². The van der Waals surface area contributed by atoms with Crippen LogP contribution in [-0.4, -0.2) is 5.11 Å². The van der Waals surface area contributed by atoms with Gasteiger partial charge in [-0.3, -0.25) is 0 Å². The molecule has 0 bridgehead atoms. The van der Waals surface area contributed by atoms with Crippen molar-refractivity contribution in [3.63, 3.8) is 0 Å². The molecule has 0 fully saturated rings. The SMILES string of the molecule is CCCCCC(C)CC(C)CCc1ccc(O)cc1. The molecule has 0 aliphatic rings. The van der Waals surface area contributed by atoms with Crippen LogP contribution in [0.5, 0.6) is 5.75 Å². The summed E-state index contributed by atoms with van der Waals surface area (Å²) in [5, 5.41) is 9.26. The van der Waals surface area contributed by atoms with Crippen LogP contribution in [0.2, 0.25) is 0 Å². The Kier molecular flexibility index (Phi) is 7.62. The zero-order chi connectivity index (χ0) is 14.1. The fourth-order valence-electron chi connectivity index (χ4n) is 2.74. The standard InChI is InChI=1S/C18H30O/c1-4-5-6-7-15(2)14-16(3)8-9-17-10-12-18(19)13-11-17/h10-13,15-16,19H,4-9,14H2,1-3H3. The molecular weight excluding hydrogens is 232 g/mol. The summed E-state index contributed by atoms with van der Waals surface area (Å²) >= 11 is 0. The number of aryl methyl sites for hydroxylation is 1. The molecule has 0 aliphatic heterocycles. The lowest BCUT2D eigenvalue weighted by atomic mass is 9.89. The second-order valence-electron chi connectivity index (χ2n) is 6.15. The number of phenolic OH excluding ortho intramolecular Hbond substituents is 1. The molecule has 0 spiro atoms. The molecule has 2 atom stereocenters. The van der Waals surface area contributed by atoms with Crippen LogP contribution < -0.4 is 0 Å². The Morgan fingerprint density at radius 3 is 2.21 bits per heavy atom. The highest BCUT2D eigenvalue weighted by Crippen LogP contribution is 2.22. The van der Waals surface area contributed by atoms with E-state index in [9.17, 15) is 5.11 Å². The van der Waals surface area contributed by atoms with E-state index in [1.807, 2.05) is 12.1 Å². The summed E-state index contributed by atoms with van der Waals surface area (Å²) in [5.41, 5.74) is 1.34. The van der Waals surface area contributed by atoms with Gasteiger partial charge in [0.2, 0.25) is 0 Å². The van der Waals surface area contributed by atoms with Crippen molar-refractivity contribution in [2.75, 3.05) is 0 Å². The molecule has 19 heavy (non-hydrogen) atoms. The summed E-state index contributed by atoms with van der Waals surface area (Å²) in [5.74, 6) is 2.02. The first kappa shape index (κ1) is 16.1.